The summed E-state index contributed by atoms with van der Waals surface area (Å²) in [6.07, 6.45) is 1.70. The average Bonchev–Trinajstić information content (AvgIpc) is 2.41. The van der Waals surface area contributed by atoms with Crippen LogP contribution in [0.4, 0.5) is 13.2 Å². The van der Waals surface area contributed by atoms with E-state index in [0.717, 1.165) is 50.7 Å². The van der Waals surface area contributed by atoms with E-state index in [4.69, 9.17) is 9.84 Å². The molecule has 0 saturated heterocycles. The molecular weight excluding hydrogens is 269 g/mol. The van der Waals surface area contributed by atoms with Crippen molar-refractivity contribution in [1.29, 1.82) is 0 Å². The van der Waals surface area contributed by atoms with Gasteiger partial charge in [-0.05, 0) is 37.1 Å². The standard InChI is InChI=1S/C15H21F3O2/c16-15(17,18)13-7-9-14(10-8-13)20-12-6-4-2-1-3-5-11-19/h7-10,19H,1-6,11-12H2. The SMILES string of the molecule is OCCCCCCCCOc1ccc(C(F)(F)F)cc1. The number of aliphatic hydroxyl groups is 1. The smallest absolute Gasteiger partial charge is 0.416 e. The molecule has 0 aliphatic heterocycles. The molecule has 0 radical (unpaired) electrons. The predicted molar refractivity (Wildman–Crippen MR) is 71.7 cm³/mol. The lowest BCUT2D eigenvalue weighted by Crippen LogP contribution is -2.04. The summed E-state index contributed by atoms with van der Waals surface area (Å²) in [6.45, 7) is 0.766. The number of hydrogen-bond acceptors (Lipinski definition) is 2. The number of halogens is 3. The van der Waals surface area contributed by atoms with Crippen LogP contribution in [-0.4, -0.2) is 18.3 Å². The highest BCUT2D eigenvalue weighted by Crippen LogP contribution is 2.30. The van der Waals surface area contributed by atoms with Crippen LogP contribution in [0, 0.1) is 0 Å². The molecule has 0 aliphatic carbocycles. The second kappa shape index (κ2) is 8.84. The highest BCUT2D eigenvalue weighted by atomic mass is 19.4. The number of alkyl halides is 3. The van der Waals surface area contributed by atoms with Crippen LogP contribution in [0.25, 0.3) is 0 Å². The van der Waals surface area contributed by atoms with Crippen LogP contribution in [0.2, 0.25) is 0 Å². The highest BCUT2D eigenvalue weighted by Gasteiger charge is 2.29. The van der Waals surface area contributed by atoms with Crippen molar-refractivity contribution in [2.24, 2.45) is 0 Å². The van der Waals surface area contributed by atoms with E-state index in [-0.39, 0.29) is 6.61 Å². The number of unbranched alkanes of at least 4 members (excludes halogenated alkanes) is 5. The third-order valence-electron chi connectivity index (χ3n) is 3.00. The maximum atomic E-state index is 12.3. The van der Waals surface area contributed by atoms with Gasteiger partial charge in [-0.3, -0.25) is 0 Å². The van der Waals surface area contributed by atoms with Crippen LogP contribution in [0.3, 0.4) is 0 Å². The van der Waals surface area contributed by atoms with Crippen LogP contribution in [0.5, 0.6) is 5.75 Å². The first-order valence-electron chi connectivity index (χ1n) is 6.95. The van der Waals surface area contributed by atoms with Gasteiger partial charge < -0.3 is 9.84 Å². The van der Waals surface area contributed by atoms with E-state index in [2.05, 4.69) is 0 Å². The van der Waals surface area contributed by atoms with E-state index in [1.165, 1.54) is 12.1 Å². The zero-order valence-corrected chi connectivity index (χ0v) is 11.5. The molecule has 0 fully saturated rings. The molecule has 0 amide bonds. The van der Waals surface area contributed by atoms with Gasteiger partial charge in [0.15, 0.2) is 0 Å². The fourth-order valence-corrected chi connectivity index (χ4v) is 1.85. The van der Waals surface area contributed by atoms with Crippen molar-refractivity contribution in [1.82, 2.24) is 0 Å². The van der Waals surface area contributed by atoms with E-state index in [1.807, 2.05) is 0 Å². The van der Waals surface area contributed by atoms with Gasteiger partial charge in [0, 0.05) is 6.61 Å². The first-order chi connectivity index (χ1) is 9.54. The second-order valence-electron chi connectivity index (χ2n) is 4.72. The fourth-order valence-electron chi connectivity index (χ4n) is 1.85. The molecule has 0 unspecified atom stereocenters. The molecule has 0 bridgehead atoms. The van der Waals surface area contributed by atoms with Gasteiger partial charge in [0.25, 0.3) is 0 Å². The third-order valence-corrected chi connectivity index (χ3v) is 3.00. The van der Waals surface area contributed by atoms with E-state index in [0.29, 0.717) is 12.4 Å². The van der Waals surface area contributed by atoms with Gasteiger partial charge in [0.1, 0.15) is 5.75 Å². The van der Waals surface area contributed by atoms with Gasteiger partial charge in [0.05, 0.1) is 12.2 Å². The molecule has 1 N–H and O–H groups in total. The quantitative estimate of drug-likeness (QED) is 0.682. The normalized spacial score (nSPS) is 11.6. The molecule has 0 aliphatic rings. The van der Waals surface area contributed by atoms with Crippen molar-refractivity contribution in [2.45, 2.75) is 44.7 Å². The molecule has 0 aromatic heterocycles. The molecular formula is C15H21F3O2. The molecule has 5 heteroatoms. The van der Waals surface area contributed by atoms with Gasteiger partial charge in [0.2, 0.25) is 0 Å². The average molecular weight is 290 g/mol. The van der Waals surface area contributed by atoms with Crippen molar-refractivity contribution in [2.75, 3.05) is 13.2 Å². The zero-order chi connectivity index (χ0) is 14.8. The van der Waals surface area contributed by atoms with Gasteiger partial charge in [-0.25, -0.2) is 0 Å². The monoisotopic (exact) mass is 290 g/mol. The Labute approximate surface area is 117 Å². The summed E-state index contributed by atoms with van der Waals surface area (Å²) >= 11 is 0. The fraction of sp³-hybridized carbons (Fsp3) is 0.600. The van der Waals surface area contributed by atoms with Crippen LogP contribution in [0.15, 0.2) is 24.3 Å². The third kappa shape index (κ3) is 6.80. The van der Waals surface area contributed by atoms with Crippen molar-refractivity contribution >= 4 is 0 Å². The lowest BCUT2D eigenvalue weighted by Gasteiger charge is -2.09. The Hall–Kier alpha value is -1.23. The minimum atomic E-state index is -4.30. The van der Waals surface area contributed by atoms with Crippen molar-refractivity contribution in [3.63, 3.8) is 0 Å². The largest absolute Gasteiger partial charge is 0.494 e. The summed E-state index contributed by atoms with van der Waals surface area (Å²) in [6, 6.07) is 4.77. The first kappa shape index (κ1) is 16.8. The Bertz CT molecular complexity index is 360. The number of hydrogen-bond donors (Lipinski definition) is 1. The minimum absolute atomic E-state index is 0.247. The van der Waals surface area contributed by atoms with Crippen LogP contribution in [0.1, 0.15) is 44.1 Å². The Kier molecular flexibility index (Phi) is 7.44. The van der Waals surface area contributed by atoms with Crippen molar-refractivity contribution < 1.29 is 23.0 Å². The Morgan fingerprint density at radius 3 is 1.95 bits per heavy atom. The molecule has 20 heavy (non-hydrogen) atoms. The van der Waals surface area contributed by atoms with Gasteiger partial charge in [-0.15, -0.1) is 0 Å². The lowest BCUT2D eigenvalue weighted by atomic mass is 10.1. The molecule has 0 heterocycles. The van der Waals surface area contributed by atoms with Crippen molar-refractivity contribution in [3.05, 3.63) is 29.8 Å². The Morgan fingerprint density at radius 2 is 1.40 bits per heavy atom. The molecule has 1 rings (SSSR count). The van der Waals surface area contributed by atoms with E-state index < -0.39 is 11.7 Å². The van der Waals surface area contributed by atoms with E-state index in [1.54, 1.807) is 0 Å². The highest BCUT2D eigenvalue weighted by molar-refractivity contribution is 5.28. The molecule has 114 valence electrons. The number of aliphatic hydroxyl groups excluding tert-OH is 1. The lowest BCUT2D eigenvalue weighted by molar-refractivity contribution is -0.137. The molecule has 0 atom stereocenters. The topological polar surface area (TPSA) is 29.5 Å². The maximum Gasteiger partial charge on any atom is 0.416 e. The van der Waals surface area contributed by atoms with Crippen molar-refractivity contribution in [3.8, 4) is 5.75 Å². The second-order valence-corrected chi connectivity index (χ2v) is 4.72. The molecule has 2 nitrogen and oxygen atoms in total. The van der Waals surface area contributed by atoms with E-state index in [9.17, 15) is 13.2 Å². The molecule has 0 saturated carbocycles. The molecule has 1 aromatic rings. The number of rotatable bonds is 9. The predicted octanol–water partition coefficient (Wildman–Crippen LogP) is 4.42. The van der Waals surface area contributed by atoms with Crippen LogP contribution in [-0.2, 0) is 6.18 Å². The summed E-state index contributed by atoms with van der Waals surface area (Å²) in [5.41, 5.74) is -0.659. The minimum Gasteiger partial charge on any atom is -0.494 e. The Balaban J connectivity index is 2.13. The van der Waals surface area contributed by atoms with Gasteiger partial charge in [-0.2, -0.15) is 13.2 Å². The summed E-state index contributed by atoms with van der Waals surface area (Å²) < 4.78 is 42.4. The molecule has 0 spiro atoms. The number of benzene rings is 1. The Morgan fingerprint density at radius 1 is 0.850 bits per heavy atom. The molecule has 1 aromatic carbocycles. The summed E-state index contributed by atoms with van der Waals surface area (Å²) in [4.78, 5) is 0. The first-order valence-corrected chi connectivity index (χ1v) is 6.95. The zero-order valence-electron chi connectivity index (χ0n) is 11.5. The summed E-state index contributed by atoms with van der Waals surface area (Å²) in [7, 11) is 0. The maximum absolute atomic E-state index is 12.3. The van der Waals surface area contributed by atoms with Crippen LogP contribution < -0.4 is 4.74 Å². The van der Waals surface area contributed by atoms with Gasteiger partial charge in [-0.1, -0.05) is 25.7 Å². The number of ether oxygens (including phenoxy) is 1. The van der Waals surface area contributed by atoms with Gasteiger partial charge >= 0.3 is 6.18 Å². The summed E-state index contributed by atoms with van der Waals surface area (Å²) in [5.74, 6) is 0.471. The van der Waals surface area contributed by atoms with E-state index >= 15 is 0 Å². The van der Waals surface area contributed by atoms with Crippen LogP contribution >= 0.6 is 0 Å². The summed E-state index contributed by atoms with van der Waals surface area (Å²) in [5, 5.41) is 8.61.